The Balaban J connectivity index is 1.64. The van der Waals surface area contributed by atoms with E-state index < -0.39 is 23.8 Å². The number of thioether (sulfide) groups is 1. The maximum absolute atomic E-state index is 11.5. The van der Waals surface area contributed by atoms with E-state index in [4.69, 9.17) is 16.7 Å². The molecule has 0 heterocycles. The topological polar surface area (TPSA) is 74.6 Å². The van der Waals surface area contributed by atoms with E-state index in [1.165, 1.54) is 0 Å². The molecule has 0 bridgehead atoms. The molecule has 5 atom stereocenters. The Morgan fingerprint density at radius 2 is 1.95 bits per heavy atom. The third-order valence-corrected chi connectivity index (χ3v) is 5.97. The highest BCUT2D eigenvalue weighted by atomic mass is 35.5. The molecule has 1 aromatic rings. The van der Waals surface area contributed by atoms with E-state index in [2.05, 4.69) is 0 Å². The summed E-state index contributed by atoms with van der Waals surface area (Å²) in [6.07, 6.45) is 0.701. The van der Waals surface area contributed by atoms with E-state index >= 15 is 0 Å². The Morgan fingerprint density at radius 1 is 1.24 bits per heavy atom. The lowest BCUT2D eigenvalue weighted by Gasteiger charge is -2.19. The van der Waals surface area contributed by atoms with Gasteiger partial charge in [-0.3, -0.25) is 9.59 Å². The van der Waals surface area contributed by atoms with E-state index in [1.807, 2.05) is 18.2 Å². The molecule has 2 aliphatic carbocycles. The zero-order chi connectivity index (χ0) is 15.1. The van der Waals surface area contributed by atoms with Gasteiger partial charge in [0.1, 0.15) is 0 Å². The van der Waals surface area contributed by atoms with Crippen LogP contribution in [0.25, 0.3) is 0 Å². The molecule has 2 saturated carbocycles. The summed E-state index contributed by atoms with van der Waals surface area (Å²) in [4.78, 5) is 23.5. The maximum Gasteiger partial charge on any atom is 0.307 e. The molecular weight excluding hydrogens is 312 g/mol. The van der Waals surface area contributed by atoms with Crippen molar-refractivity contribution in [2.24, 2.45) is 29.6 Å². The first-order valence-corrected chi connectivity index (χ1v) is 8.19. The average molecular weight is 327 g/mol. The number of rotatable bonds is 5. The third-order valence-electron chi connectivity index (χ3n) is 4.56. The van der Waals surface area contributed by atoms with Crippen molar-refractivity contribution in [3.8, 4) is 0 Å². The molecule has 5 unspecified atom stereocenters. The lowest BCUT2D eigenvalue weighted by atomic mass is 9.90. The fourth-order valence-electron chi connectivity index (χ4n) is 3.65. The summed E-state index contributed by atoms with van der Waals surface area (Å²) in [6.45, 7) is 0. The fourth-order valence-corrected chi connectivity index (χ4v) is 5.04. The van der Waals surface area contributed by atoms with Crippen molar-refractivity contribution in [2.45, 2.75) is 11.3 Å². The quantitative estimate of drug-likeness (QED) is 0.813. The lowest BCUT2D eigenvalue weighted by molar-refractivity contribution is -0.145. The Kier molecular flexibility index (Phi) is 3.88. The molecule has 4 nitrogen and oxygen atoms in total. The molecule has 0 aliphatic heterocycles. The summed E-state index contributed by atoms with van der Waals surface area (Å²) in [5.41, 5.74) is 0. The van der Waals surface area contributed by atoms with Gasteiger partial charge in [-0.25, -0.2) is 0 Å². The Bertz CT molecular complexity index is 591. The van der Waals surface area contributed by atoms with Crippen molar-refractivity contribution < 1.29 is 19.8 Å². The predicted octanol–water partition coefficient (Wildman–Crippen LogP) is 3.10. The molecule has 0 amide bonds. The van der Waals surface area contributed by atoms with Crippen LogP contribution < -0.4 is 0 Å². The van der Waals surface area contributed by atoms with Crippen molar-refractivity contribution in [1.82, 2.24) is 0 Å². The minimum absolute atomic E-state index is 0.0390. The summed E-state index contributed by atoms with van der Waals surface area (Å²) in [7, 11) is 0. The minimum Gasteiger partial charge on any atom is -0.481 e. The number of carboxylic acid groups (broad SMARTS) is 2. The average Bonchev–Trinajstić information content (AvgIpc) is 2.98. The second-order valence-corrected chi connectivity index (χ2v) is 7.26. The highest BCUT2D eigenvalue weighted by Gasteiger charge is 2.66. The molecule has 0 spiro atoms. The van der Waals surface area contributed by atoms with Crippen LogP contribution in [0.2, 0.25) is 5.02 Å². The second kappa shape index (κ2) is 5.54. The molecule has 2 N–H and O–H groups in total. The molecule has 3 rings (SSSR count). The van der Waals surface area contributed by atoms with Crippen LogP contribution in [-0.2, 0) is 9.59 Å². The van der Waals surface area contributed by atoms with Gasteiger partial charge in [-0.05, 0) is 42.4 Å². The molecule has 2 aliphatic rings. The zero-order valence-electron chi connectivity index (χ0n) is 11.1. The van der Waals surface area contributed by atoms with Gasteiger partial charge in [0.15, 0.2) is 0 Å². The van der Waals surface area contributed by atoms with Crippen molar-refractivity contribution in [3.63, 3.8) is 0 Å². The smallest absolute Gasteiger partial charge is 0.307 e. The van der Waals surface area contributed by atoms with Crippen molar-refractivity contribution in [1.29, 1.82) is 0 Å². The molecule has 112 valence electrons. The van der Waals surface area contributed by atoms with Gasteiger partial charge in [0.05, 0.1) is 11.8 Å². The normalized spacial score (nSPS) is 33.5. The number of hydrogen-bond acceptors (Lipinski definition) is 3. The van der Waals surface area contributed by atoms with E-state index in [1.54, 1.807) is 17.8 Å². The largest absolute Gasteiger partial charge is 0.481 e. The molecule has 0 saturated heterocycles. The van der Waals surface area contributed by atoms with Crippen LogP contribution in [0.5, 0.6) is 0 Å². The van der Waals surface area contributed by atoms with Gasteiger partial charge in [0, 0.05) is 15.7 Å². The molecule has 21 heavy (non-hydrogen) atoms. The first-order valence-electron chi connectivity index (χ1n) is 6.83. The van der Waals surface area contributed by atoms with Gasteiger partial charge >= 0.3 is 11.9 Å². The number of carboxylic acids is 2. The summed E-state index contributed by atoms with van der Waals surface area (Å²) < 4.78 is 0. The fraction of sp³-hybridized carbons (Fsp3) is 0.467. The van der Waals surface area contributed by atoms with Gasteiger partial charge in [-0.2, -0.15) is 0 Å². The van der Waals surface area contributed by atoms with Gasteiger partial charge < -0.3 is 10.2 Å². The van der Waals surface area contributed by atoms with Crippen LogP contribution in [0, 0.1) is 29.6 Å². The Morgan fingerprint density at radius 3 is 2.57 bits per heavy atom. The summed E-state index contributed by atoms with van der Waals surface area (Å²) in [6, 6.07) is 7.47. The molecule has 6 heteroatoms. The lowest BCUT2D eigenvalue weighted by Crippen LogP contribution is -2.26. The second-order valence-electron chi connectivity index (χ2n) is 5.73. The Labute approximate surface area is 131 Å². The number of benzene rings is 1. The number of aliphatic carboxylic acids is 2. The SMILES string of the molecule is O=C(O)C1C(CSc2cccc(Cl)c2)CC2C(C(=O)O)C21. The van der Waals surface area contributed by atoms with E-state index in [0.29, 0.717) is 17.2 Å². The van der Waals surface area contributed by atoms with Crippen LogP contribution in [0.15, 0.2) is 29.2 Å². The monoisotopic (exact) mass is 326 g/mol. The number of fused-ring (bicyclic) bond motifs is 1. The predicted molar refractivity (Wildman–Crippen MR) is 79.5 cm³/mol. The minimum atomic E-state index is -0.858. The van der Waals surface area contributed by atoms with Crippen LogP contribution in [-0.4, -0.2) is 27.9 Å². The summed E-state index contributed by atoms with van der Waals surface area (Å²) >= 11 is 7.52. The van der Waals surface area contributed by atoms with Crippen molar-refractivity contribution in [2.75, 3.05) is 5.75 Å². The molecule has 2 fully saturated rings. The standard InChI is InChI=1S/C15H15ClO4S/c16-8-2-1-3-9(5-8)21-6-7-4-10-12(11(7)14(17)18)13(10)15(19)20/h1-3,5,7,10-13H,4,6H2,(H,17,18)(H,19,20). The molecular formula is C15H15ClO4S. The first-order chi connectivity index (χ1) is 9.99. The summed E-state index contributed by atoms with van der Waals surface area (Å²) in [5.74, 6) is -2.08. The summed E-state index contributed by atoms with van der Waals surface area (Å²) in [5, 5.41) is 19.1. The van der Waals surface area contributed by atoms with Crippen molar-refractivity contribution in [3.05, 3.63) is 29.3 Å². The molecule has 0 aromatic heterocycles. The highest BCUT2D eigenvalue weighted by molar-refractivity contribution is 7.99. The van der Waals surface area contributed by atoms with E-state index in [0.717, 1.165) is 4.90 Å². The Hall–Kier alpha value is -1.20. The molecule has 0 radical (unpaired) electrons. The van der Waals surface area contributed by atoms with E-state index in [-0.39, 0.29) is 17.8 Å². The molecule has 1 aromatic carbocycles. The van der Waals surface area contributed by atoms with Crippen LogP contribution >= 0.6 is 23.4 Å². The van der Waals surface area contributed by atoms with Crippen LogP contribution in [0.1, 0.15) is 6.42 Å². The van der Waals surface area contributed by atoms with Crippen LogP contribution in [0.4, 0.5) is 0 Å². The van der Waals surface area contributed by atoms with Gasteiger partial charge in [-0.15, -0.1) is 11.8 Å². The number of carbonyl (C=O) groups is 2. The van der Waals surface area contributed by atoms with E-state index in [9.17, 15) is 14.7 Å². The van der Waals surface area contributed by atoms with Gasteiger partial charge in [0.25, 0.3) is 0 Å². The van der Waals surface area contributed by atoms with Gasteiger partial charge in [-0.1, -0.05) is 17.7 Å². The van der Waals surface area contributed by atoms with Gasteiger partial charge in [0.2, 0.25) is 0 Å². The van der Waals surface area contributed by atoms with Crippen molar-refractivity contribution >= 4 is 35.3 Å². The number of halogens is 1. The van der Waals surface area contributed by atoms with Crippen LogP contribution in [0.3, 0.4) is 0 Å². The third kappa shape index (κ3) is 2.77. The number of hydrogen-bond donors (Lipinski definition) is 2. The highest BCUT2D eigenvalue weighted by Crippen LogP contribution is 2.63. The first kappa shape index (κ1) is 14.7. The zero-order valence-corrected chi connectivity index (χ0v) is 12.7. The maximum atomic E-state index is 11.5.